The Bertz CT molecular complexity index is 6600. The molecule has 0 radical (unpaired) electrons. The summed E-state index contributed by atoms with van der Waals surface area (Å²) in [5.41, 5.74) is 23.0. The molecule has 1 aliphatic carbocycles. The van der Waals surface area contributed by atoms with Crippen LogP contribution in [0.1, 0.15) is 28.8 Å². The largest absolute Gasteiger partial charge is 0.484 e. The molecule has 0 saturated carbocycles. The highest BCUT2D eigenvalue weighted by Gasteiger charge is 2.42. The van der Waals surface area contributed by atoms with Gasteiger partial charge in [-0.05, 0) is 112 Å². The lowest BCUT2D eigenvalue weighted by Crippen LogP contribution is -2.14. The molecule has 6 heterocycles. The molecule has 0 fully saturated rings. The van der Waals surface area contributed by atoms with Crippen LogP contribution in [0, 0.1) is 0 Å². The number of aromatic nitrogens is 8. The molecule has 2 unspecified atom stereocenters. The van der Waals surface area contributed by atoms with E-state index in [1.807, 2.05) is 66.7 Å². The van der Waals surface area contributed by atoms with Gasteiger partial charge in [0.25, 0.3) is 0 Å². The number of benzene rings is 14. The standard InChI is InChI=1S/C51H34N4O.C45H28N4O/c1-4-14-33(15-5-1)35-26-28-36(29-27-35)49-52-50(38-19-12-18-37(32-38)34-16-6-2-7-17-34)54-51(53-49)42-23-13-25-45-46(42)41-30-31-44-47(48(41)56-45)40-22-10-11-24-43(40)55(44)39-20-8-3-9-21-39;1-4-14-29(15-5-1)31-18-12-19-32(28-31)44-46-43(30-16-6-2-7-17-30)47-45(48-44)36-23-13-25-39-40(36)35-26-27-38-41(42(35)50-39)34-22-10-11-24-37(34)49(38)33-20-8-3-9-21-33/h1-32,41,48H;1-28H. The minimum absolute atomic E-state index is 0.0287. The van der Waals surface area contributed by atoms with Crippen molar-refractivity contribution in [2.75, 3.05) is 0 Å². The summed E-state index contributed by atoms with van der Waals surface area (Å²) < 4.78 is 18.4. The number of para-hydroxylation sites is 4. The van der Waals surface area contributed by atoms with Crippen molar-refractivity contribution >= 4 is 60.7 Å². The maximum atomic E-state index is 6.97. The number of ether oxygens (including phenoxy) is 1. The number of hydrogen-bond acceptors (Lipinski definition) is 8. The summed E-state index contributed by atoms with van der Waals surface area (Å²) in [4.78, 5) is 30.9. The Labute approximate surface area is 610 Å². The lowest BCUT2D eigenvalue weighted by Gasteiger charge is -2.22. The van der Waals surface area contributed by atoms with Gasteiger partial charge in [-0.1, -0.05) is 285 Å². The molecule has 19 aromatic rings. The second kappa shape index (κ2) is 26.0. The first kappa shape index (κ1) is 61.6. The van der Waals surface area contributed by atoms with Crippen molar-refractivity contribution in [1.82, 2.24) is 39.0 Å². The summed E-state index contributed by atoms with van der Waals surface area (Å²) in [5, 5.41) is 5.43. The van der Waals surface area contributed by atoms with E-state index in [2.05, 4.69) is 306 Å². The summed E-state index contributed by atoms with van der Waals surface area (Å²) in [6.45, 7) is 0. The van der Waals surface area contributed by atoms with Gasteiger partial charge in [0.2, 0.25) is 0 Å². The third-order valence-corrected chi connectivity index (χ3v) is 20.5. The molecule has 5 aromatic heterocycles. The zero-order chi connectivity index (χ0) is 70.0. The SMILES string of the molecule is C1=CC2c3c(cccc3-c3nc(-c4ccc(-c5ccccc5)cc4)nc(-c4cccc(-c5ccccc5)c4)n3)OC2c2c1n(-c1ccccc1)c1ccccc21.c1ccc(-c2cccc(-c3nc(-c4ccccc4)nc(-c4cccc5oc6c(ccc7c6c6ccccc6n7-c6ccccc6)c45)n3)c2)cc1. The summed E-state index contributed by atoms with van der Waals surface area (Å²) in [5.74, 6) is 4.52. The van der Waals surface area contributed by atoms with Gasteiger partial charge in [0.15, 0.2) is 34.9 Å². The van der Waals surface area contributed by atoms with E-state index in [0.717, 1.165) is 139 Å². The second-order valence-corrected chi connectivity index (χ2v) is 26.7. The molecule has 498 valence electrons. The molecule has 21 rings (SSSR count). The first-order valence-corrected chi connectivity index (χ1v) is 35.7. The fraction of sp³-hybridized carbons (Fsp3) is 0.0208. The van der Waals surface area contributed by atoms with Crippen LogP contribution in [0.4, 0.5) is 0 Å². The first-order valence-electron chi connectivity index (χ1n) is 35.7. The topological polar surface area (TPSA) is 110 Å². The Morgan fingerprint density at radius 3 is 1.30 bits per heavy atom. The fourth-order valence-electron chi connectivity index (χ4n) is 15.6. The van der Waals surface area contributed by atoms with Crippen LogP contribution in [0.2, 0.25) is 0 Å². The van der Waals surface area contributed by atoms with Crippen molar-refractivity contribution in [2.45, 2.75) is 12.0 Å². The Morgan fingerprint density at radius 1 is 0.274 bits per heavy atom. The van der Waals surface area contributed by atoms with Crippen molar-refractivity contribution < 1.29 is 9.15 Å². The van der Waals surface area contributed by atoms with Crippen molar-refractivity contribution in [3.8, 4) is 119 Å². The molecule has 1 aliphatic heterocycles. The van der Waals surface area contributed by atoms with Crippen molar-refractivity contribution in [1.29, 1.82) is 0 Å². The van der Waals surface area contributed by atoms with Crippen LogP contribution >= 0.6 is 0 Å². The molecule has 0 saturated heterocycles. The van der Waals surface area contributed by atoms with E-state index in [0.29, 0.717) is 34.9 Å². The number of fused-ring (bicyclic) bond motifs is 14. The monoisotopic (exact) mass is 1360 g/mol. The van der Waals surface area contributed by atoms with Gasteiger partial charge in [0.05, 0.1) is 27.6 Å². The highest BCUT2D eigenvalue weighted by atomic mass is 16.5. The molecule has 0 spiro atoms. The van der Waals surface area contributed by atoms with Gasteiger partial charge in [0.1, 0.15) is 23.0 Å². The lowest BCUT2D eigenvalue weighted by atomic mass is 9.83. The van der Waals surface area contributed by atoms with Gasteiger partial charge in [-0.25, -0.2) is 29.9 Å². The van der Waals surface area contributed by atoms with Gasteiger partial charge in [-0.15, -0.1) is 0 Å². The number of rotatable bonds is 11. The van der Waals surface area contributed by atoms with E-state index in [9.17, 15) is 0 Å². The lowest BCUT2D eigenvalue weighted by molar-refractivity contribution is 0.224. The van der Waals surface area contributed by atoms with Crippen molar-refractivity contribution in [3.63, 3.8) is 0 Å². The summed E-state index contributed by atoms with van der Waals surface area (Å²) in [7, 11) is 0. The molecule has 10 nitrogen and oxygen atoms in total. The van der Waals surface area contributed by atoms with Gasteiger partial charge in [0, 0.05) is 83.3 Å². The van der Waals surface area contributed by atoms with Gasteiger partial charge in [-0.3, -0.25) is 0 Å². The molecule has 2 atom stereocenters. The quantitative estimate of drug-likeness (QED) is 0.126. The van der Waals surface area contributed by atoms with Crippen LogP contribution in [-0.2, 0) is 0 Å². The third-order valence-electron chi connectivity index (χ3n) is 20.5. The molecular weight excluding hydrogens is 1300 g/mol. The van der Waals surface area contributed by atoms with E-state index >= 15 is 0 Å². The smallest absolute Gasteiger partial charge is 0.164 e. The summed E-state index contributed by atoms with van der Waals surface area (Å²) in [6, 6.07) is 122. The third kappa shape index (κ3) is 10.8. The molecule has 0 amide bonds. The molecule has 2 aliphatic rings. The average Bonchev–Trinajstić information content (AvgIpc) is 1.55. The first-order chi connectivity index (χ1) is 52.6. The van der Waals surface area contributed by atoms with Crippen LogP contribution in [-0.4, -0.2) is 39.0 Å². The van der Waals surface area contributed by atoms with Crippen LogP contribution in [0.15, 0.2) is 362 Å². The fourth-order valence-corrected chi connectivity index (χ4v) is 15.6. The van der Waals surface area contributed by atoms with E-state index in [4.69, 9.17) is 39.1 Å². The summed E-state index contributed by atoms with van der Waals surface area (Å²) >= 11 is 0. The average molecular weight is 1360 g/mol. The van der Waals surface area contributed by atoms with E-state index < -0.39 is 0 Å². The highest BCUT2D eigenvalue weighted by Crippen LogP contribution is 2.56. The highest BCUT2D eigenvalue weighted by molar-refractivity contribution is 6.25. The minimum atomic E-state index is -0.199. The molecule has 106 heavy (non-hydrogen) atoms. The van der Waals surface area contributed by atoms with E-state index in [-0.39, 0.29) is 12.0 Å². The Kier molecular flexibility index (Phi) is 15.1. The molecule has 14 aromatic carbocycles. The molecule has 0 bridgehead atoms. The van der Waals surface area contributed by atoms with Gasteiger partial charge in [-0.2, -0.15) is 0 Å². The van der Waals surface area contributed by atoms with Crippen LogP contribution in [0.25, 0.3) is 174 Å². The van der Waals surface area contributed by atoms with Crippen LogP contribution < -0.4 is 4.74 Å². The maximum Gasteiger partial charge on any atom is 0.164 e. The van der Waals surface area contributed by atoms with Crippen LogP contribution in [0.3, 0.4) is 0 Å². The van der Waals surface area contributed by atoms with Crippen molar-refractivity contribution in [2.24, 2.45) is 0 Å². The zero-order valence-electron chi connectivity index (χ0n) is 57.2. The predicted molar refractivity (Wildman–Crippen MR) is 429 cm³/mol. The normalized spacial score (nSPS) is 13.5. The molecule has 10 heteroatoms. The van der Waals surface area contributed by atoms with Crippen LogP contribution in [0.5, 0.6) is 5.75 Å². The number of nitrogens with zero attached hydrogens (tertiary/aromatic N) is 8. The Morgan fingerprint density at radius 2 is 0.698 bits per heavy atom. The Hall–Kier alpha value is -14.2. The minimum Gasteiger partial charge on any atom is -0.484 e. The summed E-state index contributed by atoms with van der Waals surface area (Å²) in [6.07, 6.45) is 4.37. The predicted octanol–water partition coefficient (Wildman–Crippen LogP) is 23.9. The number of furan rings is 1. The number of hydrogen-bond donors (Lipinski definition) is 0. The van der Waals surface area contributed by atoms with Crippen molar-refractivity contribution in [3.05, 3.63) is 375 Å². The Balaban J connectivity index is 0.000000141. The van der Waals surface area contributed by atoms with E-state index in [1.54, 1.807) is 0 Å². The van der Waals surface area contributed by atoms with Gasteiger partial charge < -0.3 is 18.3 Å². The van der Waals surface area contributed by atoms with Gasteiger partial charge >= 0.3 is 0 Å². The molecular formula is C96H62N8O2. The molecule has 0 N–H and O–H groups in total. The maximum absolute atomic E-state index is 6.97. The van der Waals surface area contributed by atoms with E-state index in [1.165, 1.54) is 16.5 Å². The zero-order valence-corrected chi connectivity index (χ0v) is 57.2. The second-order valence-electron chi connectivity index (χ2n) is 26.7.